The number of rotatable bonds is 4. The van der Waals surface area contributed by atoms with Crippen LogP contribution in [-0.4, -0.2) is 5.91 Å². The Balaban J connectivity index is 2.20. The van der Waals surface area contributed by atoms with Gasteiger partial charge in [-0.3, -0.25) is 4.79 Å². The third kappa shape index (κ3) is 4.05. The summed E-state index contributed by atoms with van der Waals surface area (Å²) in [5.41, 5.74) is 0.961. The molecule has 0 aromatic heterocycles. The first-order chi connectivity index (χ1) is 10.0. The highest BCUT2D eigenvalue weighted by molar-refractivity contribution is 9.10. The largest absolute Gasteiger partial charge is 0.345 e. The number of nitrogens with one attached hydrogen (secondary N) is 1. The fourth-order valence-electron chi connectivity index (χ4n) is 2.02. The van der Waals surface area contributed by atoms with Crippen molar-refractivity contribution in [2.75, 3.05) is 0 Å². The summed E-state index contributed by atoms with van der Waals surface area (Å²) in [4.78, 5) is 12.2. The molecule has 0 aliphatic rings. The molecule has 2 nitrogen and oxygen atoms in total. The van der Waals surface area contributed by atoms with Gasteiger partial charge >= 0.3 is 0 Å². The zero-order valence-corrected chi connectivity index (χ0v) is 13.7. The molecular formula is C16H14BrClFNO. The zero-order valence-electron chi connectivity index (χ0n) is 11.4. The Hall–Kier alpha value is -1.39. The second-order valence-corrected chi connectivity index (χ2v) is 5.96. The Kier molecular flexibility index (Phi) is 5.37. The van der Waals surface area contributed by atoms with Crippen molar-refractivity contribution in [1.82, 2.24) is 5.32 Å². The standard InChI is InChI=1S/C16H14BrClFNO/c1-2-15(10-3-6-12(18)7-4-10)20-16(21)13-9-11(17)5-8-14(13)19/h3-9,15H,2H2,1H3,(H,20,21). The Labute approximate surface area is 136 Å². The maximum absolute atomic E-state index is 13.7. The summed E-state index contributed by atoms with van der Waals surface area (Å²) in [6.45, 7) is 1.96. The molecule has 110 valence electrons. The van der Waals surface area contributed by atoms with E-state index in [2.05, 4.69) is 21.2 Å². The minimum absolute atomic E-state index is 0.0248. The van der Waals surface area contributed by atoms with E-state index in [1.54, 1.807) is 18.2 Å². The first-order valence-electron chi connectivity index (χ1n) is 6.52. The molecule has 0 spiro atoms. The van der Waals surface area contributed by atoms with Crippen molar-refractivity contribution in [2.24, 2.45) is 0 Å². The summed E-state index contributed by atoms with van der Waals surface area (Å²) in [6.07, 6.45) is 0.697. The Bertz CT molecular complexity index is 645. The summed E-state index contributed by atoms with van der Waals surface area (Å²) >= 11 is 9.10. The second kappa shape index (κ2) is 7.05. The Morgan fingerprint density at radius 2 is 1.95 bits per heavy atom. The molecule has 0 saturated heterocycles. The first kappa shape index (κ1) is 16.0. The molecule has 0 saturated carbocycles. The molecule has 21 heavy (non-hydrogen) atoms. The maximum atomic E-state index is 13.7. The number of benzene rings is 2. The van der Waals surface area contributed by atoms with Gasteiger partial charge in [-0.15, -0.1) is 0 Å². The molecule has 1 atom stereocenters. The van der Waals surface area contributed by atoms with Crippen molar-refractivity contribution >= 4 is 33.4 Å². The number of carbonyl (C=O) groups is 1. The van der Waals surface area contributed by atoms with Gasteiger partial charge in [-0.25, -0.2) is 4.39 Å². The third-order valence-electron chi connectivity index (χ3n) is 3.16. The van der Waals surface area contributed by atoms with Crippen molar-refractivity contribution in [3.8, 4) is 0 Å². The van der Waals surface area contributed by atoms with E-state index in [-0.39, 0.29) is 11.6 Å². The van der Waals surface area contributed by atoms with Gasteiger partial charge in [0.25, 0.3) is 5.91 Å². The molecular weight excluding hydrogens is 357 g/mol. The molecule has 0 aliphatic carbocycles. The monoisotopic (exact) mass is 369 g/mol. The van der Waals surface area contributed by atoms with Gasteiger partial charge in [-0.05, 0) is 42.3 Å². The number of halogens is 3. The van der Waals surface area contributed by atoms with Crippen LogP contribution < -0.4 is 5.32 Å². The number of hydrogen-bond acceptors (Lipinski definition) is 1. The number of hydrogen-bond donors (Lipinski definition) is 1. The average molecular weight is 371 g/mol. The highest BCUT2D eigenvalue weighted by atomic mass is 79.9. The molecule has 5 heteroatoms. The minimum atomic E-state index is -0.540. The van der Waals surface area contributed by atoms with Crippen molar-refractivity contribution < 1.29 is 9.18 Å². The summed E-state index contributed by atoms with van der Waals surface area (Å²) in [6, 6.07) is 11.4. The first-order valence-corrected chi connectivity index (χ1v) is 7.69. The average Bonchev–Trinajstić information content (AvgIpc) is 2.48. The van der Waals surface area contributed by atoms with Gasteiger partial charge in [0, 0.05) is 9.50 Å². The molecule has 2 aromatic rings. The summed E-state index contributed by atoms with van der Waals surface area (Å²) in [7, 11) is 0. The van der Waals surface area contributed by atoms with E-state index in [0.717, 1.165) is 5.56 Å². The summed E-state index contributed by atoms with van der Waals surface area (Å²) < 4.78 is 14.4. The SMILES string of the molecule is CCC(NC(=O)c1cc(Br)ccc1F)c1ccc(Cl)cc1. The summed E-state index contributed by atoms with van der Waals surface area (Å²) in [5.74, 6) is -0.975. The fourth-order valence-corrected chi connectivity index (χ4v) is 2.51. The fraction of sp³-hybridized carbons (Fsp3) is 0.188. The predicted molar refractivity (Wildman–Crippen MR) is 86.1 cm³/mol. The van der Waals surface area contributed by atoms with Crippen molar-refractivity contribution in [2.45, 2.75) is 19.4 Å². The molecule has 0 radical (unpaired) electrons. The number of carbonyl (C=O) groups excluding carboxylic acids is 1. The van der Waals surface area contributed by atoms with Gasteiger partial charge in [-0.2, -0.15) is 0 Å². The third-order valence-corrected chi connectivity index (χ3v) is 3.90. The van der Waals surface area contributed by atoms with E-state index >= 15 is 0 Å². The van der Waals surface area contributed by atoms with Gasteiger partial charge in [0.15, 0.2) is 0 Å². The summed E-state index contributed by atoms with van der Waals surface area (Å²) in [5, 5.41) is 3.48. The minimum Gasteiger partial charge on any atom is -0.345 e. The predicted octanol–water partition coefficient (Wildman–Crippen LogP) is 5.12. The van der Waals surface area contributed by atoms with Crippen LogP contribution in [0, 0.1) is 5.82 Å². The Morgan fingerprint density at radius 1 is 1.29 bits per heavy atom. The van der Waals surface area contributed by atoms with E-state index in [0.29, 0.717) is 15.9 Å². The quantitative estimate of drug-likeness (QED) is 0.795. The molecule has 1 N–H and O–H groups in total. The van der Waals surface area contributed by atoms with Gasteiger partial charge in [-0.1, -0.05) is 46.6 Å². The molecule has 0 fully saturated rings. The Morgan fingerprint density at radius 3 is 2.57 bits per heavy atom. The van der Waals surface area contributed by atoms with Crippen LogP contribution in [0.5, 0.6) is 0 Å². The molecule has 1 unspecified atom stereocenters. The highest BCUT2D eigenvalue weighted by Gasteiger charge is 2.17. The van der Waals surface area contributed by atoms with Crippen LogP contribution >= 0.6 is 27.5 Å². The normalized spacial score (nSPS) is 12.0. The lowest BCUT2D eigenvalue weighted by atomic mass is 10.0. The molecule has 0 bridgehead atoms. The van der Waals surface area contributed by atoms with Crippen LogP contribution in [0.2, 0.25) is 5.02 Å². The zero-order chi connectivity index (χ0) is 15.4. The smallest absolute Gasteiger partial charge is 0.254 e. The van der Waals surface area contributed by atoms with E-state index < -0.39 is 11.7 Å². The van der Waals surface area contributed by atoms with Crippen molar-refractivity contribution in [1.29, 1.82) is 0 Å². The van der Waals surface area contributed by atoms with E-state index in [4.69, 9.17) is 11.6 Å². The van der Waals surface area contributed by atoms with E-state index in [1.807, 2.05) is 19.1 Å². The lowest BCUT2D eigenvalue weighted by molar-refractivity contribution is 0.0931. The lowest BCUT2D eigenvalue weighted by Crippen LogP contribution is -2.28. The van der Waals surface area contributed by atoms with Crippen LogP contribution in [-0.2, 0) is 0 Å². The number of amides is 1. The van der Waals surface area contributed by atoms with Crippen LogP contribution in [0.1, 0.15) is 35.3 Å². The highest BCUT2D eigenvalue weighted by Crippen LogP contribution is 2.21. The molecule has 2 aromatic carbocycles. The van der Waals surface area contributed by atoms with Gasteiger partial charge in [0.2, 0.25) is 0 Å². The van der Waals surface area contributed by atoms with Crippen LogP contribution in [0.15, 0.2) is 46.9 Å². The lowest BCUT2D eigenvalue weighted by Gasteiger charge is -2.18. The van der Waals surface area contributed by atoms with Gasteiger partial charge < -0.3 is 5.32 Å². The van der Waals surface area contributed by atoms with Crippen molar-refractivity contribution in [3.63, 3.8) is 0 Å². The van der Waals surface area contributed by atoms with Gasteiger partial charge in [0.05, 0.1) is 11.6 Å². The topological polar surface area (TPSA) is 29.1 Å². The molecule has 1 amide bonds. The molecule has 0 heterocycles. The van der Waals surface area contributed by atoms with E-state index in [1.165, 1.54) is 12.1 Å². The van der Waals surface area contributed by atoms with Crippen LogP contribution in [0.25, 0.3) is 0 Å². The van der Waals surface area contributed by atoms with Gasteiger partial charge in [0.1, 0.15) is 5.82 Å². The van der Waals surface area contributed by atoms with Crippen LogP contribution in [0.3, 0.4) is 0 Å². The second-order valence-electron chi connectivity index (χ2n) is 4.61. The van der Waals surface area contributed by atoms with E-state index in [9.17, 15) is 9.18 Å². The molecule has 2 rings (SSSR count). The molecule has 0 aliphatic heterocycles. The van der Waals surface area contributed by atoms with Crippen molar-refractivity contribution in [3.05, 3.63) is 68.9 Å². The maximum Gasteiger partial charge on any atom is 0.254 e. The van der Waals surface area contributed by atoms with Crippen LogP contribution in [0.4, 0.5) is 4.39 Å².